The Bertz CT molecular complexity index is 1220. The molecular weight excluding hydrogens is 534 g/mol. The highest BCUT2D eigenvalue weighted by atomic mass is 16.6. The number of esters is 1. The topological polar surface area (TPSA) is 109 Å². The molecule has 0 aromatic heterocycles. The van der Waals surface area contributed by atoms with E-state index in [1.165, 1.54) is 37.5 Å². The number of unbranched alkanes of at least 4 members (excludes halogenated alkanes) is 2. The number of hydrogen-bond acceptors (Lipinski definition) is 8. The van der Waals surface area contributed by atoms with E-state index in [9.17, 15) is 20.1 Å². The third-order valence-electron chi connectivity index (χ3n) is 9.63. The Balaban J connectivity index is 1.46. The summed E-state index contributed by atoms with van der Waals surface area (Å²) in [7, 11) is 1.43. The predicted molar refractivity (Wildman–Crippen MR) is 159 cm³/mol. The molecule has 8 heteroatoms. The molecule has 4 aliphatic rings. The van der Waals surface area contributed by atoms with Crippen LogP contribution in [-0.2, 0) is 31.8 Å². The lowest BCUT2D eigenvalue weighted by atomic mass is 9.73. The highest BCUT2D eigenvalue weighted by Gasteiger charge is 2.52. The molecule has 230 valence electrons. The molecule has 3 N–H and O–H groups in total. The fraction of sp³-hybridized carbons (Fsp3) is 0.618. The first-order valence-electron chi connectivity index (χ1n) is 15.8. The summed E-state index contributed by atoms with van der Waals surface area (Å²) in [4.78, 5) is 14.9. The largest absolute Gasteiger partial charge is 0.492 e. The standard InChI is InChI=1S/C34H47NO7/c1-4-6-7-10-21-11-8-12-22(15-21)16-23-17-26(28(38)5-2)35-14-9-13-29-30(27(35)18-23)24(19-36)32(41-29)33-31(40-3)25(20-37)34(39)42-33/h8,11-13,15,23-24,26-28,30,36-38H,4-7,9-10,14,16-20H2,1-3H3/b33-32-/t23-,24-,26-,27-,28-,30+/m0/s1. The smallest absolute Gasteiger partial charge is 0.345 e. The Morgan fingerprint density at radius 1 is 1.12 bits per heavy atom. The maximum absolute atomic E-state index is 12.5. The highest BCUT2D eigenvalue weighted by Crippen LogP contribution is 2.50. The van der Waals surface area contributed by atoms with Gasteiger partial charge in [-0.3, -0.25) is 4.90 Å². The number of aliphatic hydroxyl groups is 3. The molecule has 0 unspecified atom stereocenters. The van der Waals surface area contributed by atoms with Crippen molar-refractivity contribution in [1.82, 2.24) is 4.90 Å². The number of cyclic esters (lactones) is 1. The van der Waals surface area contributed by atoms with Crippen molar-refractivity contribution in [3.8, 4) is 0 Å². The average molecular weight is 582 g/mol. The second-order valence-corrected chi connectivity index (χ2v) is 12.2. The van der Waals surface area contributed by atoms with Crippen LogP contribution < -0.4 is 0 Å². The fourth-order valence-electron chi connectivity index (χ4n) is 7.60. The quantitative estimate of drug-likeness (QED) is 0.261. The van der Waals surface area contributed by atoms with Crippen LogP contribution in [0.2, 0.25) is 0 Å². The van der Waals surface area contributed by atoms with E-state index in [1.54, 1.807) is 0 Å². The Hall–Kier alpha value is -2.65. The van der Waals surface area contributed by atoms with Crippen LogP contribution in [0, 0.1) is 17.8 Å². The number of carbonyl (C=O) groups excluding carboxylic acids is 1. The van der Waals surface area contributed by atoms with Gasteiger partial charge in [-0.1, -0.05) is 51.0 Å². The zero-order chi connectivity index (χ0) is 29.8. The highest BCUT2D eigenvalue weighted by molar-refractivity contribution is 5.94. The normalized spacial score (nSPS) is 30.3. The molecular formula is C34H47NO7. The maximum atomic E-state index is 12.5. The number of benzene rings is 1. The molecule has 4 heterocycles. The third-order valence-corrected chi connectivity index (χ3v) is 9.63. The number of fused-ring (bicyclic) bond motifs is 3. The Morgan fingerprint density at radius 3 is 2.64 bits per heavy atom. The molecule has 0 aliphatic carbocycles. The van der Waals surface area contributed by atoms with Crippen molar-refractivity contribution < 1.29 is 34.3 Å². The number of rotatable bonds is 11. The van der Waals surface area contributed by atoms with E-state index in [0.29, 0.717) is 18.1 Å². The number of hydrogen-bond donors (Lipinski definition) is 3. The van der Waals surface area contributed by atoms with Gasteiger partial charge in [0.05, 0.1) is 32.3 Å². The minimum absolute atomic E-state index is 0.00927. The minimum atomic E-state index is -0.666. The van der Waals surface area contributed by atoms with E-state index in [2.05, 4.69) is 42.2 Å². The van der Waals surface area contributed by atoms with Gasteiger partial charge in [0.2, 0.25) is 5.76 Å². The Labute approximate surface area is 249 Å². The first kappa shape index (κ1) is 30.8. The van der Waals surface area contributed by atoms with Gasteiger partial charge in [-0.15, -0.1) is 0 Å². The third kappa shape index (κ3) is 6.05. The Morgan fingerprint density at radius 2 is 1.93 bits per heavy atom. The molecule has 4 aliphatic heterocycles. The van der Waals surface area contributed by atoms with Crippen molar-refractivity contribution in [3.05, 3.63) is 70.1 Å². The molecule has 5 rings (SSSR count). The molecule has 0 saturated carbocycles. The second-order valence-electron chi connectivity index (χ2n) is 12.2. The molecule has 0 amide bonds. The molecule has 0 spiro atoms. The zero-order valence-corrected chi connectivity index (χ0v) is 25.3. The van der Waals surface area contributed by atoms with Gasteiger partial charge in [0, 0.05) is 24.5 Å². The number of carbonyl (C=O) groups is 1. The van der Waals surface area contributed by atoms with Crippen molar-refractivity contribution >= 4 is 5.97 Å². The van der Waals surface area contributed by atoms with Crippen molar-refractivity contribution in [1.29, 1.82) is 0 Å². The number of piperidine rings is 1. The van der Waals surface area contributed by atoms with Gasteiger partial charge in [-0.05, 0) is 68.1 Å². The second kappa shape index (κ2) is 13.8. The summed E-state index contributed by atoms with van der Waals surface area (Å²) in [5, 5.41) is 31.8. The molecule has 42 heavy (non-hydrogen) atoms. The molecule has 1 aromatic rings. The average Bonchev–Trinajstić information content (AvgIpc) is 3.47. The van der Waals surface area contributed by atoms with Crippen LogP contribution in [0.3, 0.4) is 0 Å². The lowest BCUT2D eigenvalue weighted by Crippen LogP contribution is -2.57. The number of aryl methyl sites for hydroxylation is 1. The molecule has 8 nitrogen and oxygen atoms in total. The van der Waals surface area contributed by atoms with E-state index in [0.717, 1.165) is 44.4 Å². The van der Waals surface area contributed by atoms with Gasteiger partial charge in [0.1, 0.15) is 11.3 Å². The maximum Gasteiger partial charge on any atom is 0.345 e. The van der Waals surface area contributed by atoms with E-state index in [4.69, 9.17) is 14.2 Å². The fourth-order valence-corrected chi connectivity index (χ4v) is 7.60. The van der Waals surface area contributed by atoms with Gasteiger partial charge in [0.25, 0.3) is 0 Å². The van der Waals surface area contributed by atoms with Crippen molar-refractivity contribution in [2.24, 2.45) is 17.8 Å². The number of methoxy groups -OCH3 is 1. The summed E-state index contributed by atoms with van der Waals surface area (Å²) in [6, 6.07) is 9.03. The SMILES string of the molecule is CCCCCc1cccc(C[C@@H]2C[C@H]3[C@@H]4C(=CCCN3[C@H]([C@@H](O)CC)C2)O/C(=C2\OC(=O)C(CO)=C2OC)[C@H]4CO)c1. The monoisotopic (exact) mass is 581 g/mol. The van der Waals surface area contributed by atoms with Crippen LogP contribution in [0.15, 0.2) is 59.0 Å². The molecule has 2 saturated heterocycles. The first-order chi connectivity index (χ1) is 20.4. The van der Waals surface area contributed by atoms with E-state index >= 15 is 0 Å². The van der Waals surface area contributed by atoms with Crippen LogP contribution in [0.25, 0.3) is 0 Å². The number of nitrogens with zero attached hydrogens (tertiary/aromatic N) is 1. The summed E-state index contributed by atoms with van der Waals surface area (Å²) < 4.78 is 17.4. The molecule has 1 aromatic carbocycles. The first-order valence-corrected chi connectivity index (χ1v) is 15.8. The number of aliphatic hydroxyl groups excluding tert-OH is 3. The number of ether oxygens (including phenoxy) is 3. The van der Waals surface area contributed by atoms with Crippen molar-refractivity contribution in [3.63, 3.8) is 0 Å². The van der Waals surface area contributed by atoms with Gasteiger partial charge in [-0.25, -0.2) is 4.79 Å². The van der Waals surface area contributed by atoms with Gasteiger partial charge in [0.15, 0.2) is 11.5 Å². The van der Waals surface area contributed by atoms with Crippen LogP contribution in [-0.4, -0.2) is 71.2 Å². The van der Waals surface area contributed by atoms with Gasteiger partial charge >= 0.3 is 5.97 Å². The molecule has 0 radical (unpaired) electrons. The molecule has 2 fully saturated rings. The van der Waals surface area contributed by atoms with E-state index in [1.807, 2.05) is 6.92 Å². The summed E-state index contributed by atoms with van der Waals surface area (Å²) >= 11 is 0. The van der Waals surface area contributed by atoms with Crippen LogP contribution in [0.1, 0.15) is 69.9 Å². The lowest BCUT2D eigenvalue weighted by Gasteiger charge is -2.49. The minimum Gasteiger partial charge on any atom is -0.492 e. The summed E-state index contributed by atoms with van der Waals surface area (Å²) in [5.74, 6) is 0.528. The molecule has 6 atom stereocenters. The lowest BCUT2D eigenvalue weighted by molar-refractivity contribution is -0.134. The van der Waals surface area contributed by atoms with Gasteiger partial charge < -0.3 is 29.5 Å². The summed E-state index contributed by atoms with van der Waals surface area (Å²) in [6.45, 7) is 4.37. The summed E-state index contributed by atoms with van der Waals surface area (Å²) in [6.07, 6.45) is 10.6. The Kier molecular flexibility index (Phi) is 10.1. The van der Waals surface area contributed by atoms with Crippen molar-refractivity contribution in [2.75, 3.05) is 26.9 Å². The van der Waals surface area contributed by atoms with E-state index in [-0.39, 0.29) is 41.7 Å². The van der Waals surface area contributed by atoms with Crippen molar-refractivity contribution in [2.45, 2.75) is 89.8 Å². The van der Waals surface area contributed by atoms with Gasteiger partial charge in [-0.2, -0.15) is 0 Å². The van der Waals surface area contributed by atoms with Crippen LogP contribution >= 0.6 is 0 Å². The van der Waals surface area contributed by atoms with Crippen LogP contribution in [0.4, 0.5) is 0 Å². The van der Waals surface area contributed by atoms with Crippen LogP contribution in [0.5, 0.6) is 0 Å². The predicted octanol–water partition coefficient (Wildman–Crippen LogP) is 4.39. The van der Waals surface area contributed by atoms with E-state index < -0.39 is 24.6 Å². The zero-order valence-electron chi connectivity index (χ0n) is 25.3. The summed E-state index contributed by atoms with van der Waals surface area (Å²) in [5.41, 5.74) is 2.77. The molecule has 0 bridgehead atoms.